The zero-order valence-corrected chi connectivity index (χ0v) is 11.9. The minimum Gasteiger partial charge on any atom is -0.497 e. The van der Waals surface area contributed by atoms with Crippen LogP contribution in [0.25, 0.3) is 0 Å². The lowest BCUT2D eigenvalue weighted by atomic mass is 10.00. The molecule has 4 nitrogen and oxygen atoms in total. The van der Waals surface area contributed by atoms with Crippen molar-refractivity contribution in [3.8, 4) is 5.75 Å². The maximum Gasteiger partial charge on any atom is 0.224 e. The zero-order valence-electron chi connectivity index (χ0n) is 11.9. The fourth-order valence-electron chi connectivity index (χ4n) is 2.56. The van der Waals surface area contributed by atoms with Gasteiger partial charge in [0.1, 0.15) is 5.75 Å². The normalized spacial score (nSPS) is 17.8. The highest BCUT2D eigenvalue weighted by atomic mass is 16.5. The van der Waals surface area contributed by atoms with Gasteiger partial charge in [-0.2, -0.15) is 0 Å². The molecule has 0 bridgehead atoms. The van der Waals surface area contributed by atoms with Crippen molar-refractivity contribution in [1.29, 1.82) is 0 Å². The van der Waals surface area contributed by atoms with Gasteiger partial charge in [-0.05, 0) is 24.1 Å². The lowest BCUT2D eigenvalue weighted by Crippen LogP contribution is -2.21. The molecule has 0 aromatic heterocycles. The molecule has 0 saturated carbocycles. The molecule has 0 radical (unpaired) electrons. The van der Waals surface area contributed by atoms with E-state index in [0.29, 0.717) is 6.42 Å². The van der Waals surface area contributed by atoms with Crippen LogP contribution < -0.4 is 15.4 Å². The van der Waals surface area contributed by atoms with Crippen LogP contribution in [-0.4, -0.2) is 13.0 Å². The molecule has 108 valence electrons. The maximum absolute atomic E-state index is 12.0. The molecule has 0 aliphatic carbocycles. The standard InChI is InChI=1S/C17H18N2O2/c1-21-13-7-8-15-16(11-13)19-17(20)10-9-14(18-15)12-5-3-2-4-6-12/h2-8,11,14,18H,9-10H2,1H3,(H,19,20). The number of fused-ring (bicyclic) bond motifs is 1. The van der Waals surface area contributed by atoms with E-state index in [2.05, 4.69) is 22.8 Å². The fourth-order valence-corrected chi connectivity index (χ4v) is 2.56. The van der Waals surface area contributed by atoms with E-state index < -0.39 is 0 Å². The number of nitrogens with one attached hydrogen (secondary N) is 2. The Morgan fingerprint density at radius 2 is 1.90 bits per heavy atom. The van der Waals surface area contributed by atoms with Crippen LogP contribution in [0.2, 0.25) is 0 Å². The van der Waals surface area contributed by atoms with Crippen LogP contribution in [0.1, 0.15) is 24.4 Å². The third-order valence-electron chi connectivity index (χ3n) is 3.69. The summed E-state index contributed by atoms with van der Waals surface area (Å²) in [6.45, 7) is 0. The SMILES string of the molecule is COc1ccc2c(c1)NC(=O)CCC(c1ccccc1)N2. The van der Waals surface area contributed by atoms with E-state index in [0.717, 1.165) is 23.5 Å². The van der Waals surface area contributed by atoms with Crippen molar-refractivity contribution < 1.29 is 9.53 Å². The molecule has 2 N–H and O–H groups in total. The highest BCUT2D eigenvalue weighted by Gasteiger charge is 2.19. The summed E-state index contributed by atoms with van der Waals surface area (Å²) >= 11 is 0. The molecule has 0 spiro atoms. The topological polar surface area (TPSA) is 50.4 Å². The van der Waals surface area contributed by atoms with E-state index in [4.69, 9.17) is 4.74 Å². The maximum atomic E-state index is 12.0. The Morgan fingerprint density at radius 1 is 1.10 bits per heavy atom. The molecule has 1 atom stereocenters. The van der Waals surface area contributed by atoms with Crippen molar-refractivity contribution in [3.05, 3.63) is 54.1 Å². The van der Waals surface area contributed by atoms with E-state index in [1.54, 1.807) is 7.11 Å². The summed E-state index contributed by atoms with van der Waals surface area (Å²) in [6, 6.07) is 16.0. The molecule has 2 aromatic rings. The van der Waals surface area contributed by atoms with Gasteiger partial charge in [0, 0.05) is 12.5 Å². The summed E-state index contributed by atoms with van der Waals surface area (Å²) in [6.07, 6.45) is 1.25. The molecular formula is C17H18N2O2. The molecule has 1 heterocycles. The van der Waals surface area contributed by atoms with Gasteiger partial charge in [-0.3, -0.25) is 4.79 Å². The van der Waals surface area contributed by atoms with Gasteiger partial charge in [0.15, 0.2) is 0 Å². The van der Waals surface area contributed by atoms with Crippen LogP contribution in [-0.2, 0) is 4.79 Å². The van der Waals surface area contributed by atoms with Crippen molar-refractivity contribution in [2.75, 3.05) is 17.7 Å². The van der Waals surface area contributed by atoms with E-state index in [9.17, 15) is 4.79 Å². The number of carbonyl (C=O) groups excluding carboxylic acids is 1. The first-order chi connectivity index (χ1) is 10.3. The molecule has 1 aliphatic rings. The molecule has 3 rings (SSSR count). The smallest absolute Gasteiger partial charge is 0.224 e. The van der Waals surface area contributed by atoms with Crippen LogP contribution in [0.15, 0.2) is 48.5 Å². The molecule has 0 fully saturated rings. The van der Waals surface area contributed by atoms with Crippen LogP contribution in [0.3, 0.4) is 0 Å². The molecule has 0 saturated heterocycles. The Balaban J connectivity index is 1.95. The lowest BCUT2D eigenvalue weighted by Gasteiger charge is -2.25. The van der Waals surface area contributed by atoms with Crippen molar-refractivity contribution in [2.45, 2.75) is 18.9 Å². The lowest BCUT2D eigenvalue weighted by molar-refractivity contribution is -0.116. The number of rotatable bonds is 2. The average molecular weight is 282 g/mol. The number of benzene rings is 2. The van der Waals surface area contributed by atoms with Gasteiger partial charge in [-0.1, -0.05) is 30.3 Å². The van der Waals surface area contributed by atoms with Crippen LogP contribution in [0.4, 0.5) is 11.4 Å². The molecular weight excluding hydrogens is 264 g/mol. The van der Waals surface area contributed by atoms with E-state index in [-0.39, 0.29) is 11.9 Å². The van der Waals surface area contributed by atoms with E-state index in [1.807, 2.05) is 36.4 Å². The summed E-state index contributed by atoms with van der Waals surface area (Å²) in [7, 11) is 1.62. The first kappa shape index (κ1) is 13.5. The first-order valence-corrected chi connectivity index (χ1v) is 7.05. The van der Waals surface area contributed by atoms with Gasteiger partial charge in [-0.25, -0.2) is 0 Å². The summed E-state index contributed by atoms with van der Waals surface area (Å²) in [5, 5.41) is 6.45. The number of amides is 1. The summed E-state index contributed by atoms with van der Waals surface area (Å²) in [5.41, 5.74) is 2.87. The third-order valence-corrected chi connectivity index (χ3v) is 3.69. The second kappa shape index (κ2) is 5.87. The van der Waals surface area contributed by atoms with Gasteiger partial charge < -0.3 is 15.4 Å². The van der Waals surface area contributed by atoms with Gasteiger partial charge >= 0.3 is 0 Å². The second-order valence-corrected chi connectivity index (χ2v) is 5.11. The highest BCUT2D eigenvalue weighted by Crippen LogP contribution is 2.33. The van der Waals surface area contributed by atoms with Crippen molar-refractivity contribution in [3.63, 3.8) is 0 Å². The van der Waals surface area contributed by atoms with Crippen molar-refractivity contribution in [2.24, 2.45) is 0 Å². The minimum absolute atomic E-state index is 0.0342. The minimum atomic E-state index is 0.0342. The molecule has 1 amide bonds. The summed E-state index contributed by atoms with van der Waals surface area (Å²) < 4.78 is 5.22. The number of hydrogen-bond acceptors (Lipinski definition) is 3. The Morgan fingerprint density at radius 3 is 2.67 bits per heavy atom. The number of ether oxygens (including phenoxy) is 1. The van der Waals surface area contributed by atoms with Crippen molar-refractivity contribution >= 4 is 17.3 Å². The van der Waals surface area contributed by atoms with Crippen LogP contribution in [0.5, 0.6) is 5.75 Å². The predicted molar refractivity (Wildman–Crippen MR) is 83.7 cm³/mol. The number of anilines is 2. The number of methoxy groups -OCH3 is 1. The number of hydrogen-bond donors (Lipinski definition) is 2. The van der Waals surface area contributed by atoms with Crippen molar-refractivity contribution in [1.82, 2.24) is 0 Å². The summed E-state index contributed by atoms with van der Waals surface area (Å²) in [5.74, 6) is 0.764. The molecule has 1 aliphatic heterocycles. The van der Waals surface area contributed by atoms with Gasteiger partial charge in [0.2, 0.25) is 5.91 Å². The van der Waals surface area contributed by atoms with Crippen LogP contribution in [0, 0.1) is 0 Å². The Kier molecular flexibility index (Phi) is 3.77. The molecule has 2 aromatic carbocycles. The quantitative estimate of drug-likeness (QED) is 0.885. The van der Waals surface area contributed by atoms with E-state index >= 15 is 0 Å². The number of carbonyl (C=O) groups is 1. The molecule has 21 heavy (non-hydrogen) atoms. The Labute approximate surface area is 124 Å². The van der Waals surface area contributed by atoms with Gasteiger partial charge in [0.05, 0.1) is 24.5 Å². The Hall–Kier alpha value is -2.49. The third kappa shape index (κ3) is 2.99. The van der Waals surface area contributed by atoms with Crippen LogP contribution >= 0.6 is 0 Å². The average Bonchev–Trinajstić information content (AvgIpc) is 2.51. The molecule has 1 unspecified atom stereocenters. The fraction of sp³-hybridized carbons (Fsp3) is 0.235. The van der Waals surface area contributed by atoms with Gasteiger partial charge in [0.25, 0.3) is 0 Å². The van der Waals surface area contributed by atoms with E-state index in [1.165, 1.54) is 5.56 Å². The van der Waals surface area contributed by atoms with Gasteiger partial charge in [-0.15, -0.1) is 0 Å². The largest absolute Gasteiger partial charge is 0.497 e. The zero-order chi connectivity index (χ0) is 14.7. The molecule has 4 heteroatoms. The Bertz CT molecular complexity index is 640. The highest BCUT2D eigenvalue weighted by molar-refractivity contribution is 5.95. The monoisotopic (exact) mass is 282 g/mol. The first-order valence-electron chi connectivity index (χ1n) is 7.05. The predicted octanol–water partition coefficient (Wildman–Crippen LogP) is 3.58. The summed E-state index contributed by atoms with van der Waals surface area (Å²) in [4.78, 5) is 12.0. The second-order valence-electron chi connectivity index (χ2n) is 5.11.